The molecule has 33 heavy (non-hydrogen) atoms. The number of carbonyl (C=O) groups excluding carboxylic acids is 1. The van der Waals surface area contributed by atoms with Crippen LogP contribution in [-0.2, 0) is 11.3 Å². The van der Waals surface area contributed by atoms with Gasteiger partial charge in [-0.15, -0.1) is 0 Å². The van der Waals surface area contributed by atoms with Gasteiger partial charge in [-0.25, -0.2) is 4.98 Å². The summed E-state index contributed by atoms with van der Waals surface area (Å²) in [5.74, 6) is 1.23. The smallest absolute Gasteiger partial charge is 0.266 e. The van der Waals surface area contributed by atoms with Gasteiger partial charge in [-0.3, -0.25) is 14.2 Å². The Morgan fingerprint density at radius 3 is 2.67 bits per heavy atom. The molecular formula is C25H21N3O4S. The minimum Gasteiger partial charge on any atom is -0.454 e. The molecule has 0 bridgehead atoms. The fourth-order valence-corrected chi connectivity index (χ4v) is 4.54. The minimum atomic E-state index is -0.470. The van der Waals surface area contributed by atoms with Gasteiger partial charge in [0.1, 0.15) is 0 Å². The lowest BCUT2D eigenvalue weighted by molar-refractivity contribution is -0.120. The summed E-state index contributed by atoms with van der Waals surface area (Å²) in [6.45, 7) is 2.37. The second kappa shape index (κ2) is 8.99. The first-order valence-corrected chi connectivity index (χ1v) is 11.4. The zero-order chi connectivity index (χ0) is 22.8. The lowest BCUT2D eigenvalue weighted by atomic mass is 10.2. The highest BCUT2D eigenvalue weighted by Crippen LogP contribution is 2.32. The van der Waals surface area contributed by atoms with Crippen LogP contribution in [0.25, 0.3) is 16.6 Å². The number of para-hydroxylation sites is 2. The summed E-state index contributed by atoms with van der Waals surface area (Å²) in [5, 5.41) is 3.48. The molecule has 1 N–H and O–H groups in total. The van der Waals surface area contributed by atoms with Crippen LogP contribution in [0.5, 0.6) is 11.5 Å². The van der Waals surface area contributed by atoms with Gasteiger partial charge in [-0.05, 0) is 48.9 Å². The van der Waals surface area contributed by atoms with Crippen LogP contribution in [0.3, 0.4) is 0 Å². The average Bonchev–Trinajstić information content (AvgIpc) is 3.31. The van der Waals surface area contributed by atoms with Crippen molar-refractivity contribution in [3.63, 3.8) is 0 Å². The number of aromatic nitrogens is 2. The number of hydrogen-bond donors (Lipinski definition) is 1. The number of ether oxygens (including phenoxy) is 2. The lowest BCUT2D eigenvalue weighted by Gasteiger charge is -2.16. The van der Waals surface area contributed by atoms with E-state index in [1.807, 2.05) is 60.7 Å². The summed E-state index contributed by atoms with van der Waals surface area (Å²) in [6, 6.07) is 22.2. The van der Waals surface area contributed by atoms with E-state index in [1.54, 1.807) is 23.6 Å². The standard InChI is InChI=1S/C25H21N3O4S/c1-16(23(29)26-14-17-11-12-21-22(13-17)32-15-31-21)33-25-27-20-10-6-5-9-19(20)24(30)28(25)18-7-3-2-4-8-18/h2-13,16H,14-15H2,1H3,(H,26,29). The second-order valence-electron chi connectivity index (χ2n) is 7.55. The highest BCUT2D eigenvalue weighted by Gasteiger charge is 2.20. The van der Waals surface area contributed by atoms with E-state index >= 15 is 0 Å². The number of fused-ring (bicyclic) bond motifs is 2. The molecule has 1 aliphatic heterocycles. The Balaban J connectivity index is 1.38. The van der Waals surface area contributed by atoms with Gasteiger partial charge in [0.2, 0.25) is 12.7 Å². The van der Waals surface area contributed by atoms with E-state index in [4.69, 9.17) is 14.5 Å². The second-order valence-corrected chi connectivity index (χ2v) is 8.86. The number of hydrogen-bond acceptors (Lipinski definition) is 6. The molecule has 1 unspecified atom stereocenters. The number of nitrogens with one attached hydrogen (secondary N) is 1. The van der Waals surface area contributed by atoms with Gasteiger partial charge in [0.15, 0.2) is 16.7 Å². The Kier molecular flexibility index (Phi) is 5.75. The third kappa shape index (κ3) is 4.29. The SMILES string of the molecule is CC(Sc1nc2ccccc2c(=O)n1-c1ccccc1)C(=O)NCc1ccc2c(c1)OCO2. The first-order valence-electron chi connectivity index (χ1n) is 10.5. The van der Waals surface area contributed by atoms with E-state index in [-0.39, 0.29) is 18.3 Å². The zero-order valence-electron chi connectivity index (χ0n) is 17.9. The molecule has 1 aliphatic rings. The van der Waals surface area contributed by atoms with Gasteiger partial charge in [0, 0.05) is 6.54 Å². The van der Waals surface area contributed by atoms with E-state index in [0.717, 1.165) is 5.56 Å². The molecule has 0 saturated heterocycles. The number of thioether (sulfide) groups is 1. The van der Waals surface area contributed by atoms with Crippen LogP contribution >= 0.6 is 11.8 Å². The maximum absolute atomic E-state index is 13.3. The topological polar surface area (TPSA) is 82.5 Å². The van der Waals surface area contributed by atoms with Crippen molar-refractivity contribution in [2.24, 2.45) is 0 Å². The van der Waals surface area contributed by atoms with Crippen molar-refractivity contribution in [3.05, 3.63) is 88.7 Å². The number of rotatable bonds is 6. The van der Waals surface area contributed by atoms with E-state index in [9.17, 15) is 9.59 Å². The van der Waals surface area contributed by atoms with E-state index in [2.05, 4.69) is 5.32 Å². The van der Waals surface area contributed by atoms with Gasteiger partial charge in [0.25, 0.3) is 5.56 Å². The molecule has 1 atom stereocenters. The molecule has 0 aliphatic carbocycles. The molecule has 1 amide bonds. The Bertz CT molecular complexity index is 1390. The first kappa shape index (κ1) is 21.1. The minimum absolute atomic E-state index is 0.153. The molecule has 0 saturated carbocycles. The van der Waals surface area contributed by atoms with Crippen molar-refractivity contribution in [2.45, 2.75) is 23.9 Å². The van der Waals surface area contributed by atoms with Gasteiger partial charge >= 0.3 is 0 Å². The molecule has 8 heteroatoms. The molecule has 4 aromatic rings. The molecule has 166 valence electrons. The Labute approximate surface area is 194 Å². The third-order valence-electron chi connectivity index (χ3n) is 5.31. The van der Waals surface area contributed by atoms with Crippen LogP contribution in [0.1, 0.15) is 12.5 Å². The maximum atomic E-state index is 13.3. The van der Waals surface area contributed by atoms with Crippen molar-refractivity contribution in [1.82, 2.24) is 14.9 Å². The van der Waals surface area contributed by atoms with Crippen LogP contribution in [0.2, 0.25) is 0 Å². The van der Waals surface area contributed by atoms with Gasteiger partial charge in [0.05, 0.1) is 21.8 Å². The highest BCUT2D eigenvalue weighted by atomic mass is 32.2. The molecule has 0 spiro atoms. The molecule has 0 radical (unpaired) electrons. The number of benzene rings is 3. The highest BCUT2D eigenvalue weighted by molar-refractivity contribution is 8.00. The lowest BCUT2D eigenvalue weighted by Crippen LogP contribution is -2.31. The van der Waals surface area contributed by atoms with Crippen LogP contribution in [-0.4, -0.2) is 27.5 Å². The Morgan fingerprint density at radius 1 is 1.06 bits per heavy atom. The van der Waals surface area contributed by atoms with Gasteiger partial charge in [-0.2, -0.15) is 0 Å². The Hall–Kier alpha value is -3.78. The van der Waals surface area contributed by atoms with Crippen molar-refractivity contribution in [1.29, 1.82) is 0 Å². The summed E-state index contributed by atoms with van der Waals surface area (Å²) < 4.78 is 12.3. The third-order valence-corrected chi connectivity index (χ3v) is 6.37. The monoisotopic (exact) mass is 459 g/mol. The molecular weight excluding hydrogens is 438 g/mol. The summed E-state index contributed by atoms with van der Waals surface area (Å²) >= 11 is 1.25. The summed E-state index contributed by atoms with van der Waals surface area (Å²) in [4.78, 5) is 30.8. The molecule has 5 rings (SSSR count). The zero-order valence-corrected chi connectivity index (χ0v) is 18.7. The quantitative estimate of drug-likeness (QED) is 0.348. The summed E-state index contributed by atoms with van der Waals surface area (Å²) in [5.41, 5.74) is 2.05. The largest absolute Gasteiger partial charge is 0.454 e. The van der Waals surface area contributed by atoms with Gasteiger partial charge < -0.3 is 14.8 Å². The van der Waals surface area contributed by atoms with E-state index < -0.39 is 5.25 Å². The Morgan fingerprint density at radius 2 is 1.82 bits per heavy atom. The van der Waals surface area contributed by atoms with Crippen LogP contribution in [0.15, 0.2) is 82.7 Å². The van der Waals surface area contributed by atoms with Crippen LogP contribution in [0.4, 0.5) is 0 Å². The number of carbonyl (C=O) groups is 1. The van der Waals surface area contributed by atoms with Crippen molar-refractivity contribution in [3.8, 4) is 17.2 Å². The van der Waals surface area contributed by atoms with Crippen LogP contribution < -0.4 is 20.3 Å². The maximum Gasteiger partial charge on any atom is 0.266 e. The predicted octanol–water partition coefficient (Wildman–Crippen LogP) is 3.91. The van der Waals surface area contributed by atoms with Crippen molar-refractivity contribution >= 4 is 28.6 Å². The predicted molar refractivity (Wildman–Crippen MR) is 127 cm³/mol. The van der Waals surface area contributed by atoms with Crippen molar-refractivity contribution < 1.29 is 14.3 Å². The molecule has 3 aromatic carbocycles. The first-order chi connectivity index (χ1) is 16.1. The van der Waals surface area contributed by atoms with Gasteiger partial charge in [-0.1, -0.05) is 48.2 Å². The summed E-state index contributed by atoms with van der Waals surface area (Å²) in [7, 11) is 0. The van der Waals surface area contributed by atoms with Crippen LogP contribution in [0, 0.1) is 0 Å². The van der Waals surface area contributed by atoms with E-state index in [0.29, 0.717) is 39.8 Å². The fourth-order valence-electron chi connectivity index (χ4n) is 3.59. The molecule has 7 nitrogen and oxygen atoms in total. The average molecular weight is 460 g/mol. The number of amides is 1. The molecule has 2 heterocycles. The normalized spacial score (nSPS) is 13.1. The molecule has 0 fully saturated rings. The number of nitrogens with zero attached hydrogens (tertiary/aromatic N) is 2. The van der Waals surface area contributed by atoms with Crippen molar-refractivity contribution in [2.75, 3.05) is 6.79 Å². The summed E-state index contributed by atoms with van der Waals surface area (Å²) in [6.07, 6.45) is 0. The van der Waals surface area contributed by atoms with E-state index in [1.165, 1.54) is 11.8 Å². The molecule has 1 aromatic heterocycles. The fraction of sp³-hybridized carbons (Fsp3) is 0.160.